The van der Waals surface area contributed by atoms with Gasteiger partial charge in [-0.3, -0.25) is 14.4 Å². The van der Waals surface area contributed by atoms with Gasteiger partial charge < -0.3 is 14.2 Å². The van der Waals surface area contributed by atoms with Gasteiger partial charge in [-0.15, -0.1) is 0 Å². The number of rotatable bonds is 43. The molecule has 0 aliphatic rings. The molecule has 6 heteroatoms. The van der Waals surface area contributed by atoms with E-state index in [1.807, 2.05) is 24.3 Å². The minimum Gasteiger partial charge on any atom is -0.462 e. The van der Waals surface area contributed by atoms with Crippen LogP contribution in [0.4, 0.5) is 0 Å². The van der Waals surface area contributed by atoms with E-state index in [2.05, 4.69) is 81.5 Å². The fraction of sp³-hybridized carbons (Fsp3) is 0.685. The van der Waals surface area contributed by atoms with Gasteiger partial charge in [0.15, 0.2) is 6.10 Å². The van der Waals surface area contributed by atoms with Gasteiger partial charge in [0.2, 0.25) is 0 Å². The molecule has 0 bridgehead atoms. The lowest BCUT2D eigenvalue weighted by Crippen LogP contribution is -2.30. The second kappa shape index (κ2) is 48.3. The molecular weight excluding hydrogens is 745 g/mol. The predicted octanol–water partition coefficient (Wildman–Crippen LogP) is 16.0. The first kappa shape index (κ1) is 56.6. The van der Waals surface area contributed by atoms with Gasteiger partial charge in [0.1, 0.15) is 13.2 Å². The molecule has 1 atom stereocenters. The molecule has 0 heterocycles. The highest BCUT2D eigenvalue weighted by molar-refractivity contribution is 5.71. The lowest BCUT2D eigenvalue weighted by Gasteiger charge is -2.18. The van der Waals surface area contributed by atoms with Crippen LogP contribution in [-0.2, 0) is 28.6 Å². The lowest BCUT2D eigenvalue weighted by molar-refractivity contribution is -0.167. The normalized spacial score (nSPS) is 12.8. The number of carbonyl (C=O) groups excluding carboxylic acids is 3. The molecule has 0 saturated carbocycles. The molecule has 60 heavy (non-hydrogen) atoms. The van der Waals surface area contributed by atoms with Crippen molar-refractivity contribution in [3.63, 3.8) is 0 Å². The molecule has 0 rings (SSSR count). The summed E-state index contributed by atoms with van der Waals surface area (Å²) < 4.78 is 16.7. The van der Waals surface area contributed by atoms with Gasteiger partial charge in [-0.2, -0.15) is 0 Å². The Morgan fingerprint density at radius 1 is 0.367 bits per heavy atom. The van der Waals surface area contributed by atoms with E-state index in [0.29, 0.717) is 19.3 Å². The first-order valence-corrected chi connectivity index (χ1v) is 24.7. The monoisotopic (exact) mass is 835 g/mol. The van der Waals surface area contributed by atoms with Crippen LogP contribution in [0.5, 0.6) is 0 Å². The van der Waals surface area contributed by atoms with Crippen LogP contribution in [0.25, 0.3) is 0 Å². The van der Waals surface area contributed by atoms with Crippen LogP contribution in [0.15, 0.2) is 85.1 Å². The summed E-state index contributed by atoms with van der Waals surface area (Å²) in [6, 6.07) is 0. The molecule has 0 aromatic heterocycles. The highest BCUT2D eigenvalue weighted by Crippen LogP contribution is 2.14. The second-order valence-corrected chi connectivity index (χ2v) is 16.1. The number of hydrogen-bond donors (Lipinski definition) is 0. The average Bonchev–Trinajstić information content (AvgIpc) is 3.24. The summed E-state index contributed by atoms with van der Waals surface area (Å²) in [7, 11) is 0. The Hall–Kier alpha value is -3.41. The standard InChI is InChI=1S/C54H90O6/c1-4-7-10-13-16-19-22-25-26-27-28-29-30-33-35-38-41-44-47-53(56)59-50-51(60-54(57)48-45-42-39-36-32-24-21-18-15-12-9-6-3)49-58-52(55)46-43-40-37-34-31-23-20-17-14-11-8-5-2/h9-10,12-13,16,18-19,21-22,25-29,51H,4-8,11,14-15,17,20,23-24,30-50H2,1-3H3/b12-9-,13-10-,19-16-,21-18-,25-22-,27-26-,29-28-. The Morgan fingerprint density at radius 2 is 0.750 bits per heavy atom. The van der Waals surface area contributed by atoms with Gasteiger partial charge in [0.25, 0.3) is 0 Å². The highest BCUT2D eigenvalue weighted by atomic mass is 16.6. The van der Waals surface area contributed by atoms with E-state index < -0.39 is 6.10 Å². The van der Waals surface area contributed by atoms with Crippen molar-refractivity contribution < 1.29 is 28.6 Å². The van der Waals surface area contributed by atoms with Crippen LogP contribution < -0.4 is 0 Å². The minimum absolute atomic E-state index is 0.0901. The van der Waals surface area contributed by atoms with E-state index in [4.69, 9.17) is 14.2 Å². The third kappa shape index (κ3) is 45.7. The zero-order valence-electron chi connectivity index (χ0n) is 38.9. The first-order valence-electron chi connectivity index (χ1n) is 24.7. The maximum atomic E-state index is 12.7. The molecule has 0 radical (unpaired) electrons. The molecule has 0 amide bonds. The van der Waals surface area contributed by atoms with E-state index in [9.17, 15) is 14.4 Å². The molecule has 0 fully saturated rings. The fourth-order valence-electron chi connectivity index (χ4n) is 6.57. The van der Waals surface area contributed by atoms with Crippen molar-refractivity contribution in [1.82, 2.24) is 0 Å². The largest absolute Gasteiger partial charge is 0.462 e. The Balaban J connectivity index is 4.44. The molecule has 0 aromatic carbocycles. The second-order valence-electron chi connectivity index (χ2n) is 16.1. The molecule has 0 aromatic rings. The molecule has 6 nitrogen and oxygen atoms in total. The summed E-state index contributed by atoms with van der Waals surface area (Å²) >= 11 is 0. The first-order chi connectivity index (χ1) is 29.5. The zero-order chi connectivity index (χ0) is 43.7. The minimum atomic E-state index is -0.792. The van der Waals surface area contributed by atoms with Gasteiger partial charge in [-0.05, 0) is 64.2 Å². The molecule has 0 N–H and O–H groups in total. The highest BCUT2D eigenvalue weighted by Gasteiger charge is 2.19. The van der Waals surface area contributed by atoms with Crippen LogP contribution >= 0.6 is 0 Å². The van der Waals surface area contributed by atoms with Gasteiger partial charge in [-0.25, -0.2) is 0 Å². The summed E-state index contributed by atoms with van der Waals surface area (Å²) in [5.74, 6) is -0.934. The topological polar surface area (TPSA) is 78.9 Å². The predicted molar refractivity (Wildman–Crippen MR) is 256 cm³/mol. The van der Waals surface area contributed by atoms with Gasteiger partial charge in [0, 0.05) is 19.3 Å². The van der Waals surface area contributed by atoms with E-state index in [1.165, 1.54) is 64.2 Å². The van der Waals surface area contributed by atoms with Crippen LogP contribution in [-0.4, -0.2) is 37.2 Å². The maximum Gasteiger partial charge on any atom is 0.306 e. The van der Waals surface area contributed by atoms with Crippen molar-refractivity contribution in [3.8, 4) is 0 Å². The van der Waals surface area contributed by atoms with Crippen molar-refractivity contribution in [2.75, 3.05) is 13.2 Å². The molecule has 0 saturated heterocycles. The third-order valence-electron chi connectivity index (χ3n) is 10.2. The lowest BCUT2D eigenvalue weighted by atomic mass is 10.0. The molecule has 0 aliphatic carbocycles. The summed E-state index contributed by atoms with van der Waals surface area (Å²) in [6.45, 7) is 6.39. The zero-order valence-corrected chi connectivity index (χ0v) is 38.9. The summed E-state index contributed by atoms with van der Waals surface area (Å²) in [6.07, 6.45) is 61.3. The number of unbranched alkanes of at least 4 members (excludes halogenated alkanes) is 22. The Bertz CT molecular complexity index is 1190. The SMILES string of the molecule is CC/C=C\C/C=C\CCCCCCCC(=O)OC(COC(=O)CCCCCCC\C=C/C=C\C=C/C=C\C=C/CCC)COC(=O)CCCCCCCCCCCCCC. The molecular formula is C54H90O6. The average molecular weight is 835 g/mol. The molecule has 1 unspecified atom stereocenters. The Morgan fingerprint density at radius 3 is 1.22 bits per heavy atom. The number of carbonyl (C=O) groups is 3. The van der Waals surface area contributed by atoms with E-state index >= 15 is 0 Å². The third-order valence-corrected chi connectivity index (χ3v) is 10.2. The Labute approximate surface area is 369 Å². The summed E-state index contributed by atoms with van der Waals surface area (Å²) in [4.78, 5) is 37.9. The van der Waals surface area contributed by atoms with Crippen LogP contribution in [0.1, 0.15) is 220 Å². The van der Waals surface area contributed by atoms with Crippen molar-refractivity contribution >= 4 is 17.9 Å². The van der Waals surface area contributed by atoms with Crippen molar-refractivity contribution in [2.45, 2.75) is 226 Å². The van der Waals surface area contributed by atoms with Gasteiger partial charge >= 0.3 is 17.9 Å². The number of hydrogen-bond acceptors (Lipinski definition) is 6. The van der Waals surface area contributed by atoms with Crippen molar-refractivity contribution in [2.24, 2.45) is 0 Å². The quantitative estimate of drug-likeness (QED) is 0.0200. The van der Waals surface area contributed by atoms with Gasteiger partial charge in [0.05, 0.1) is 0 Å². The van der Waals surface area contributed by atoms with E-state index in [0.717, 1.165) is 116 Å². The maximum absolute atomic E-state index is 12.7. The number of allylic oxidation sites excluding steroid dienone is 14. The van der Waals surface area contributed by atoms with Crippen LogP contribution in [0.3, 0.4) is 0 Å². The summed E-state index contributed by atoms with van der Waals surface area (Å²) in [5.41, 5.74) is 0. The van der Waals surface area contributed by atoms with E-state index in [1.54, 1.807) is 0 Å². The molecule has 0 aliphatic heterocycles. The van der Waals surface area contributed by atoms with E-state index in [-0.39, 0.29) is 31.1 Å². The van der Waals surface area contributed by atoms with Crippen molar-refractivity contribution in [1.29, 1.82) is 0 Å². The van der Waals surface area contributed by atoms with Crippen molar-refractivity contribution in [3.05, 3.63) is 85.1 Å². The van der Waals surface area contributed by atoms with Gasteiger partial charge in [-0.1, -0.05) is 221 Å². The molecule has 342 valence electrons. The number of ether oxygens (including phenoxy) is 3. The van der Waals surface area contributed by atoms with Crippen LogP contribution in [0.2, 0.25) is 0 Å². The summed E-state index contributed by atoms with van der Waals surface area (Å²) in [5, 5.41) is 0. The smallest absolute Gasteiger partial charge is 0.306 e. The Kier molecular flexibility index (Phi) is 45.5. The molecule has 0 spiro atoms. The van der Waals surface area contributed by atoms with Crippen LogP contribution in [0, 0.1) is 0 Å². The fourth-order valence-corrected chi connectivity index (χ4v) is 6.57. The number of esters is 3.